The molecule has 0 N–H and O–H groups in total. The van der Waals surface area contributed by atoms with Crippen LogP contribution in [0.25, 0.3) is 0 Å². The van der Waals surface area contributed by atoms with Crippen LogP contribution in [0, 0.1) is 23.7 Å². The SMILES string of the molecule is CC(C)C(=C=O)C(C(C)C)C(C)C. The molecule has 0 bridgehead atoms. The first-order valence-corrected chi connectivity index (χ1v) is 5.16. The smallest absolute Gasteiger partial charge is 0.124 e. The largest absolute Gasteiger partial charge is 0.234 e. The zero-order chi connectivity index (χ0) is 10.6. The predicted molar refractivity (Wildman–Crippen MR) is 57.2 cm³/mol. The summed E-state index contributed by atoms with van der Waals surface area (Å²) < 4.78 is 0. The Kier molecular flexibility index (Phi) is 5.02. The van der Waals surface area contributed by atoms with Crippen LogP contribution in [0.5, 0.6) is 0 Å². The number of hydrogen-bond donors (Lipinski definition) is 0. The Labute approximate surface area is 82.2 Å². The normalized spacial score (nSPS) is 11.5. The molecule has 1 nitrogen and oxygen atoms in total. The van der Waals surface area contributed by atoms with E-state index < -0.39 is 0 Å². The molecule has 0 aromatic carbocycles. The van der Waals surface area contributed by atoms with E-state index in [2.05, 4.69) is 47.5 Å². The van der Waals surface area contributed by atoms with E-state index in [0.717, 1.165) is 5.57 Å². The second kappa shape index (κ2) is 5.24. The summed E-state index contributed by atoms with van der Waals surface area (Å²) in [6.45, 7) is 12.8. The third-order valence-electron chi connectivity index (χ3n) is 2.54. The second-order valence-corrected chi connectivity index (χ2v) is 4.73. The molecule has 0 aliphatic heterocycles. The zero-order valence-electron chi connectivity index (χ0n) is 9.72. The fourth-order valence-corrected chi connectivity index (χ4v) is 2.06. The molecular weight excluding hydrogens is 160 g/mol. The van der Waals surface area contributed by atoms with Gasteiger partial charge in [-0.25, -0.2) is 4.79 Å². The quantitative estimate of drug-likeness (QED) is 0.609. The van der Waals surface area contributed by atoms with Crippen molar-refractivity contribution in [2.75, 3.05) is 0 Å². The fourth-order valence-electron chi connectivity index (χ4n) is 2.06. The van der Waals surface area contributed by atoms with Crippen molar-refractivity contribution in [1.29, 1.82) is 0 Å². The van der Waals surface area contributed by atoms with Crippen molar-refractivity contribution in [3.63, 3.8) is 0 Å². The molecule has 0 amide bonds. The summed E-state index contributed by atoms with van der Waals surface area (Å²) in [4.78, 5) is 10.8. The van der Waals surface area contributed by atoms with Crippen LogP contribution in [0.1, 0.15) is 41.5 Å². The molecule has 0 unspecified atom stereocenters. The molecule has 0 spiro atoms. The molecule has 1 heteroatoms. The summed E-state index contributed by atoms with van der Waals surface area (Å²) in [6, 6.07) is 0. The summed E-state index contributed by atoms with van der Waals surface area (Å²) in [5.41, 5.74) is 0.949. The topological polar surface area (TPSA) is 17.1 Å². The van der Waals surface area contributed by atoms with Gasteiger partial charge in [-0.3, -0.25) is 0 Å². The van der Waals surface area contributed by atoms with E-state index in [0.29, 0.717) is 23.7 Å². The Bertz CT molecular complexity index is 187. The van der Waals surface area contributed by atoms with Gasteiger partial charge >= 0.3 is 0 Å². The second-order valence-electron chi connectivity index (χ2n) is 4.73. The third-order valence-corrected chi connectivity index (χ3v) is 2.54. The van der Waals surface area contributed by atoms with Gasteiger partial charge in [0.05, 0.1) is 0 Å². The van der Waals surface area contributed by atoms with Crippen molar-refractivity contribution in [2.24, 2.45) is 23.7 Å². The van der Waals surface area contributed by atoms with E-state index in [1.807, 2.05) is 0 Å². The van der Waals surface area contributed by atoms with Gasteiger partial charge in [0, 0.05) is 5.57 Å². The van der Waals surface area contributed by atoms with Crippen LogP contribution < -0.4 is 0 Å². The Hall–Kier alpha value is -0.550. The van der Waals surface area contributed by atoms with Gasteiger partial charge in [-0.1, -0.05) is 41.5 Å². The van der Waals surface area contributed by atoms with Gasteiger partial charge in [0.25, 0.3) is 0 Å². The van der Waals surface area contributed by atoms with Crippen LogP contribution in [0.3, 0.4) is 0 Å². The highest BCUT2D eigenvalue weighted by atomic mass is 16.1. The molecule has 76 valence electrons. The van der Waals surface area contributed by atoms with Gasteiger partial charge in [0.15, 0.2) is 0 Å². The van der Waals surface area contributed by atoms with E-state index in [4.69, 9.17) is 0 Å². The fraction of sp³-hybridized carbons (Fsp3) is 0.833. The van der Waals surface area contributed by atoms with Gasteiger partial charge < -0.3 is 0 Å². The Morgan fingerprint density at radius 3 is 1.38 bits per heavy atom. The highest BCUT2D eigenvalue weighted by molar-refractivity contribution is 5.54. The first kappa shape index (κ1) is 12.4. The number of carbonyl (C=O) groups excluding carboxylic acids is 1. The average molecular weight is 182 g/mol. The molecule has 0 saturated heterocycles. The molecule has 0 fully saturated rings. The lowest BCUT2D eigenvalue weighted by Gasteiger charge is -2.27. The van der Waals surface area contributed by atoms with Crippen LogP contribution in [0.2, 0.25) is 0 Å². The Morgan fingerprint density at radius 1 is 0.923 bits per heavy atom. The summed E-state index contributed by atoms with van der Waals surface area (Å²) >= 11 is 0. The lowest BCUT2D eigenvalue weighted by atomic mass is 9.76. The number of hydrogen-bond acceptors (Lipinski definition) is 1. The third kappa shape index (κ3) is 3.36. The van der Waals surface area contributed by atoms with Crippen molar-refractivity contribution in [3.8, 4) is 0 Å². The minimum Gasteiger partial charge on any atom is -0.234 e. The number of rotatable bonds is 4. The van der Waals surface area contributed by atoms with Gasteiger partial charge in [-0.05, 0) is 23.7 Å². The lowest BCUT2D eigenvalue weighted by molar-refractivity contribution is 0.318. The minimum absolute atomic E-state index is 0.326. The van der Waals surface area contributed by atoms with E-state index in [-0.39, 0.29) is 0 Å². The van der Waals surface area contributed by atoms with Crippen LogP contribution in [0.15, 0.2) is 5.57 Å². The molecular formula is C12H22O. The maximum absolute atomic E-state index is 10.8. The summed E-state index contributed by atoms with van der Waals surface area (Å²) in [5.74, 6) is 3.90. The first-order valence-electron chi connectivity index (χ1n) is 5.16. The van der Waals surface area contributed by atoms with Gasteiger partial charge in [-0.2, -0.15) is 0 Å². The van der Waals surface area contributed by atoms with Crippen molar-refractivity contribution in [1.82, 2.24) is 0 Å². The van der Waals surface area contributed by atoms with Crippen molar-refractivity contribution >= 4 is 5.94 Å². The van der Waals surface area contributed by atoms with Crippen molar-refractivity contribution in [3.05, 3.63) is 5.57 Å². The molecule has 0 radical (unpaired) electrons. The molecule has 0 aromatic rings. The maximum atomic E-state index is 10.8. The van der Waals surface area contributed by atoms with Crippen LogP contribution in [-0.2, 0) is 4.79 Å². The molecule has 0 aromatic heterocycles. The molecule has 0 heterocycles. The number of allylic oxidation sites excluding steroid dienone is 1. The lowest BCUT2D eigenvalue weighted by Crippen LogP contribution is -2.21. The van der Waals surface area contributed by atoms with E-state index >= 15 is 0 Å². The van der Waals surface area contributed by atoms with Crippen molar-refractivity contribution in [2.45, 2.75) is 41.5 Å². The molecule has 0 aliphatic carbocycles. The van der Waals surface area contributed by atoms with Gasteiger partial charge in [-0.15, -0.1) is 0 Å². The molecule has 13 heavy (non-hydrogen) atoms. The Balaban J connectivity index is 4.82. The van der Waals surface area contributed by atoms with Crippen LogP contribution in [0.4, 0.5) is 0 Å². The summed E-state index contributed by atoms with van der Waals surface area (Å²) in [7, 11) is 0. The standard InChI is InChI=1S/C12H22O/c1-8(2)11(7-13)12(9(3)4)10(5)6/h8-10,12H,1-6H3. The van der Waals surface area contributed by atoms with E-state index in [1.54, 1.807) is 0 Å². The molecule has 0 saturated carbocycles. The summed E-state index contributed by atoms with van der Waals surface area (Å²) in [5, 5.41) is 0. The molecule has 0 atom stereocenters. The zero-order valence-corrected chi connectivity index (χ0v) is 9.72. The first-order chi connectivity index (χ1) is 5.91. The average Bonchev–Trinajstić information content (AvgIpc) is 1.97. The van der Waals surface area contributed by atoms with Gasteiger partial charge in [0.1, 0.15) is 5.94 Å². The maximum Gasteiger partial charge on any atom is 0.124 e. The van der Waals surface area contributed by atoms with E-state index in [1.165, 1.54) is 0 Å². The van der Waals surface area contributed by atoms with E-state index in [9.17, 15) is 4.79 Å². The Morgan fingerprint density at radius 2 is 1.31 bits per heavy atom. The van der Waals surface area contributed by atoms with Crippen LogP contribution >= 0.6 is 0 Å². The van der Waals surface area contributed by atoms with Gasteiger partial charge in [0.2, 0.25) is 0 Å². The van der Waals surface area contributed by atoms with Crippen molar-refractivity contribution < 1.29 is 4.79 Å². The summed E-state index contributed by atoms with van der Waals surface area (Å²) in [6.07, 6.45) is 0. The monoisotopic (exact) mass is 182 g/mol. The predicted octanol–water partition coefficient (Wildman–Crippen LogP) is 3.33. The highest BCUT2D eigenvalue weighted by Crippen LogP contribution is 2.30. The molecule has 0 aliphatic rings. The molecule has 0 rings (SSSR count). The minimum atomic E-state index is 0.326. The van der Waals surface area contributed by atoms with Crippen LogP contribution in [-0.4, -0.2) is 5.94 Å². The highest BCUT2D eigenvalue weighted by Gasteiger charge is 2.24.